The molecule has 1 N–H and O–H groups in total. The van der Waals surface area contributed by atoms with Gasteiger partial charge in [-0.25, -0.2) is 0 Å². The number of hydrogen-bond acceptors (Lipinski definition) is 3. The number of rotatable bonds is 6. The molecule has 0 aliphatic rings. The van der Waals surface area contributed by atoms with Crippen LogP contribution in [0.15, 0.2) is 24.3 Å². The highest BCUT2D eigenvalue weighted by Gasteiger charge is 2.26. The van der Waals surface area contributed by atoms with E-state index in [1.54, 1.807) is 7.11 Å². The number of ether oxygens (including phenoxy) is 1. The molecule has 0 aromatic heterocycles. The van der Waals surface area contributed by atoms with Crippen LogP contribution in [0.5, 0.6) is 5.75 Å². The zero-order valence-electron chi connectivity index (χ0n) is 10.4. The molecule has 0 spiro atoms. The summed E-state index contributed by atoms with van der Waals surface area (Å²) in [5.74, 6) is 0.704. The molecule has 6 heteroatoms. The molecule has 1 aromatic carbocycles. The first kappa shape index (κ1) is 14.6. The van der Waals surface area contributed by atoms with Gasteiger partial charge in [0.25, 0.3) is 0 Å². The van der Waals surface area contributed by atoms with Crippen molar-refractivity contribution in [3.63, 3.8) is 0 Å². The summed E-state index contributed by atoms with van der Waals surface area (Å²) >= 11 is 0. The molecule has 0 aliphatic heterocycles. The largest absolute Gasteiger partial charge is 0.495 e. The first-order valence-electron chi connectivity index (χ1n) is 5.55. The highest BCUT2D eigenvalue weighted by molar-refractivity contribution is 5.57. The highest BCUT2D eigenvalue weighted by atomic mass is 19.4. The average Bonchev–Trinajstić information content (AvgIpc) is 2.33. The van der Waals surface area contributed by atoms with E-state index in [2.05, 4.69) is 5.32 Å². The molecule has 0 atom stereocenters. The minimum absolute atomic E-state index is 0.258. The molecule has 0 amide bonds. The molecule has 18 heavy (non-hydrogen) atoms. The molecule has 3 nitrogen and oxygen atoms in total. The number of hydrogen-bond donors (Lipinski definition) is 1. The van der Waals surface area contributed by atoms with Crippen molar-refractivity contribution in [1.29, 1.82) is 0 Å². The van der Waals surface area contributed by atoms with Crippen LogP contribution in [0, 0.1) is 0 Å². The van der Waals surface area contributed by atoms with Crippen LogP contribution in [0.3, 0.4) is 0 Å². The van der Waals surface area contributed by atoms with E-state index >= 15 is 0 Å². The summed E-state index contributed by atoms with van der Waals surface area (Å²) in [6.07, 6.45) is -4.16. The van der Waals surface area contributed by atoms with Gasteiger partial charge in [0, 0.05) is 20.1 Å². The van der Waals surface area contributed by atoms with E-state index in [4.69, 9.17) is 4.74 Å². The minimum Gasteiger partial charge on any atom is -0.495 e. The number of alkyl halides is 3. The van der Waals surface area contributed by atoms with Crippen molar-refractivity contribution in [2.45, 2.75) is 6.18 Å². The molecule has 0 saturated carbocycles. The van der Waals surface area contributed by atoms with Crippen LogP contribution >= 0.6 is 0 Å². The summed E-state index contributed by atoms with van der Waals surface area (Å²) in [5.41, 5.74) is 0.855. The lowest BCUT2D eigenvalue weighted by Crippen LogP contribution is -2.35. The van der Waals surface area contributed by atoms with Gasteiger partial charge in [0.1, 0.15) is 5.75 Å². The Morgan fingerprint density at radius 1 is 1.28 bits per heavy atom. The van der Waals surface area contributed by atoms with Crippen molar-refractivity contribution in [2.24, 2.45) is 0 Å². The molecule has 102 valence electrons. The van der Waals surface area contributed by atoms with E-state index in [1.807, 2.05) is 36.2 Å². The Morgan fingerprint density at radius 3 is 2.56 bits per heavy atom. The summed E-state index contributed by atoms with van der Waals surface area (Å²) < 4.78 is 41.0. The Hall–Kier alpha value is -1.43. The fourth-order valence-electron chi connectivity index (χ4n) is 1.54. The molecule has 0 heterocycles. The smallest absolute Gasteiger partial charge is 0.401 e. The van der Waals surface area contributed by atoms with Gasteiger partial charge in [-0.15, -0.1) is 0 Å². The molecular weight excluding hydrogens is 245 g/mol. The van der Waals surface area contributed by atoms with E-state index in [1.165, 1.54) is 0 Å². The maximum Gasteiger partial charge on any atom is 0.401 e. The predicted octanol–water partition coefficient (Wildman–Crippen LogP) is 2.28. The van der Waals surface area contributed by atoms with Crippen LogP contribution in [0.4, 0.5) is 18.9 Å². The monoisotopic (exact) mass is 262 g/mol. The molecule has 0 radical (unpaired) electrons. The van der Waals surface area contributed by atoms with Gasteiger partial charge in [0.2, 0.25) is 0 Å². The van der Waals surface area contributed by atoms with Gasteiger partial charge < -0.3 is 15.0 Å². The van der Waals surface area contributed by atoms with Gasteiger partial charge >= 0.3 is 6.18 Å². The van der Waals surface area contributed by atoms with Crippen molar-refractivity contribution < 1.29 is 17.9 Å². The van der Waals surface area contributed by atoms with Gasteiger partial charge in [0.15, 0.2) is 0 Å². The molecule has 0 fully saturated rings. The van der Waals surface area contributed by atoms with Crippen LogP contribution < -0.4 is 15.0 Å². The minimum atomic E-state index is -4.16. The molecule has 0 aliphatic carbocycles. The highest BCUT2D eigenvalue weighted by Crippen LogP contribution is 2.26. The van der Waals surface area contributed by atoms with E-state index in [9.17, 15) is 13.2 Å². The van der Waals surface area contributed by atoms with E-state index in [-0.39, 0.29) is 6.54 Å². The zero-order chi connectivity index (χ0) is 13.6. The fourth-order valence-corrected chi connectivity index (χ4v) is 1.54. The maximum atomic E-state index is 11.9. The SMILES string of the molecule is COc1ccccc1N(C)CCNCC(F)(F)F. The van der Waals surface area contributed by atoms with Crippen LogP contribution in [-0.4, -0.2) is 40.0 Å². The molecule has 0 saturated heterocycles. The van der Waals surface area contributed by atoms with Crippen molar-refractivity contribution in [2.75, 3.05) is 38.7 Å². The van der Waals surface area contributed by atoms with Crippen molar-refractivity contribution >= 4 is 5.69 Å². The number of nitrogens with one attached hydrogen (secondary N) is 1. The third-order valence-electron chi connectivity index (χ3n) is 2.45. The first-order chi connectivity index (χ1) is 8.44. The second-order valence-electron chi connectivity index (χ2n) is 3.89. The number of anilines is 1. The Balaban J connectivity index is 2.43. The van der Waals surface area contributed by atoms with Crippen molar-refractivity contribution in [1.82, 2.24) is 5.32 Å². The number of nitrogens with zero attached hydrogens (tertiary/aromatic N) is 1. The first-order valence-corrected chi connectivity index (χ1v) is 5.55. The van der Waals surface area contributed by atoms with E-state index in [0.29, 0.717) is 12.3 Å². The summed E-state index contributed by atoms with van der Waals surface area (Å²) in [6.45, 7) is -0.239. The van der Waals surface area contributed by atoms with Crippen LogP contribution in [0.1, 0.15) is 0 Å². The lowest BCUT2D eigenvalue weighted by Gasteiger charge is -2.22. The number of para-hydroxylation sites is 2. The zero-order valence-corrected chi connectivity index (χ0v) is 10.4. The molecule has 1 rings (SSSR count). The average molecular weight is 262 g/mol. The number of methoxy groups -OCH3 is 1. The predicted molar refractivity (Wildman–Crippen MR) is 65.2 cm³/mol. The van der Waals surface area contributed by atoms with Crippen molar-refractivity contribution in [3.8, 4) is 5.75 Å². The Morgan fingerprint density at radius 2 is 1.94 bits per heavy atom. The second-order valence-corrected chi connectivity index (χ2v) is 3.89. The molecule has 0 unspecified atom stereocenters. The van der Waals surface area contributed by atoms with E-state index < -0.39 is 12.7 Å². The quantitative estimate of drug-likeness (QED) is 0.796. The lowest BCUT2D eigenvalue weighted by atomic mass is 10.2. The number of likely N-dealkylation sites (N-methyl/N-ethyl adjacent to an activating group) is 1. The maximum absolute atomic E-state index is 11.9. The lowest BCUT2D eigenvalue weighted by molar-refractivity contribution is -0.124. The van der Waals surface area contributed by atoms with Crippen LogP contribution in [-0.2, 0) is 0 Å². The van der Waals surface area contributed by atoms with Gasteiger partial charge in [-0.05, 0) is 12.1 Å². The molecular formula is C12H17F3N2O. The van der Waals surface area contributed by atoms with Crippen molar-refractivity contribution in [3.05, 3.63) is 24.3 Å². The van der Waals surface area contributed by atoms with Gasteiger partial charge in [-0.1, -0.05) is 12.1 Å². The Labute approximate surface area is 105 Å². The fraction of sp³-hybridized carbons (Fsp3) is 0.500. The summed E-state index contributed by atoms with van der Waals surface area (Å²) in [4.78, 5) is 1.85. The summed E-state index contributed by atoms with van der Waals surface area (Å²) in [5, 5.41) is 2.36. The normalized spacial score (nSPS) is 11.4. The third kappa shape index (κ3) is 4.83. The standard InChI is InChI=1S/C12H17F3N2O/c1-17(8-7-16-9-12(13,14)15)10-5-3-4-6-11(10)18-2/h3-6,16H,7-9H2,1-2H3. The van der Waals surface area contributed by atoms with Gasteiger partial charge in [-0.3, -0.25) is 0 Å². The van der Waals surface area contributed by atoms with Crippen LogP contribution in [0.25, 0.3) is 0 Å². The Bertz CT molecular complexity index is 369. The third-order valence-corrected chi connectivity index (χ3v) is 2.45. The van der Waals surface area contributed by atoms with Gasteiger partial charge in [0.05, 0.1) is 19.3 Å². The molecule has 1 aromatic rings. The van der Waals surface area contributed by atoms with Crippen LogP contribution in [0.2, 0.25) is 0 Å². The topological polar surface area (TPSA) is 24.5 Å². The second kappa shape index (κ2) is 6.49. The van der Waals surface area contributed by atoms with Gasteiger partial charge in [-0.2, -0.15) is 13.2 Å². The van der Waals surface area contributed by atoms with E-state index in [0.717, 1.165) is 5.69 Å². The summed E-state index contributed by atoms with van der Waals surface area (Å²) in [7, 11) is 3.38. The number of benzene rings is 1. The number of halogens is 3. The molecule has 0 bridgehead atoms. The summed E-state index contributed by atoms with van der Waals surface area (Å²) in [6, 6.07) is 7.38. The Kier molecular flexibility index (Phi) is 5.27.